The molecule has 10 heteroatoms. The second-order valence-corrected chi connectivity index (χ2v) is 7.49. The number of ether oxygens (including phenoxy) is 2. The zero-order valence-corrected chi connectivity index (χ0v) is 18.5. The maximum atomic E-state index is 12.4. The number of imidazole rings is 1. The number of nitrogens with one attached hydrogen (secondary N) is 1. The SMILES string of the molecule is CCCN(CCC)Cc1cccc(C(=O)OCCOCn2cnc3c(=O)[nH]c(N)nc32)c1. The van der Waals surface area contributed by atoms with Crippen LogP contribution >= 0.6 is 0 Å². The standard InChI is InChI=1S/C22H30N6O4/c1-3-8-27(9-4-2)13-16-6-5-7-17(12-16)21(30)32-11-10-31-15-28-14-24-18-19(28)25-22(23)26-20(18)29/h5-7,12,14H,3-4,8-11,13,15H2,1-2H3,(H3,23,25,26,29). The Morgan fingerprint density at radius 3 is 2.75 bits per heavy atom. The summed E-state index contributed by atoms with van der Waals surface area (Å²) in [6.45, 7) is 7.59. The number of aromatic nitrogens is 4. The fourth-order valence-electron chi connectivity index (χ4n) is 3.46. The van der Waals surface area contributed by atoms with E-state index in [0.717, 1.165) is 38.0 Å². The van der Waals surface area contributed by atoms with Crippen molar-refractivity contribution in [3.8, 4) is 0 Å². The van der Waals surface area contributed by atoms with Gasteiger partial charge < -0.3 is 15.2 Å². The van der Waals surface area contributed by atoms with Gasteiger partial charge in [-0.3, -0.25) is 19.2 Å². The molecular formula is C22H30N6O4. The molecule has 0 aliphatic rings. The van der Waals surface area contributed by atoms with Gasteiger partial charge in [0.15, 0.2) is 11.2 Å². The van der Waals surface area contributed by atoms with Crippen LogP contribution in [0.15, 0.2) is 35.4 Å². The number of hydrogen-bond donors (Lipinski definition) is 2. The Kier molecular flexibility index (Phi) is 8.34. The molecule has 0 saturated carbocycles. The van der Waals surface area contributed by atoms with Crippen LogP contribution in [-0.4, -0.2) is 56.7 Å². The van der Waals surface area contributed by atoms with Crippen molar-refractivity contribution in [3.63, 3.8) is 0 Å². The summed E-state index contributed by atoms with van der Waals surface area (Å²) in [5.74, 6) is -0.380. The van der Waals surface area contributed by atoms with Crippen LogP contribution in [-0.2, 0) is 22.7 Å². The van der Waals surface area contributed by atoms with Crippen molar-refractivity contribution in [1.82, 2.24) is 24.4 Å². The first kappa shape index (κ1) is 23.4. The Bertz CT molecular complexity index is 1090. The Hall–Kier alpha value is -3.24. The fraction of sp³-hybridized carbons (Fsp3) is 0.455. The molecule has 0 atom stereocenters. The van der Waals surface area contributed by atoms with Crippen molar-refractivity contribution in [2.75, 3.05) is 32.0 Å². The number of benzene rings is 1. The van der Waals surface area contributed by atoms with Gasteiger partial charge >= 0.3 is 5.97 Å². The predicted octanol–water partition coefficient (Wildman–Crippen LogP) is 2.15. The van der Waals surface area contributed by atoms with E-state index in [1.807, 2.05) is 18.2 Å². The molecule has 0 aliphatic heterocycles. The van der Waals surface area contributed by atoms with Gasteiger partial charge in [0.25, 0.3) is 5.56 Å². The lowest BCUT2D eigenvalue weighted by Gasteiger charge is -2.21. The summed E-state index contributed by atoms with van der Waals surface area (Å²) in [4.78, 5) is 37.1. The Morgan fingerprint density at radius 1 is 1.22 bits per heavy atom. The molecule has 10 nitrogen and oxygen atoms in total. The molecule has 0 saturated heterocycles. The number of hydrogen-bond acceptors (Lipinski definition) is 8. The maximum Gasteiger partial charge on any atom is 0.338 e. The summed E-state index contributed by atoms with van der Waals surface area (Å²) in [5.41, 5.74) is 7.30. The van der Waals surface area contributed by atoms with E-state index in [9.17, 15) is 9.59 Å². The molecule has 0 amide bonds. The molecule has 3 rings (SSSR count). The van der Waals surface area contributed by atoms with Crippen LogP contribution in [0.3, 0.4) is 0 Å². The fourth-order valence-corrected chi connectivity index (χ4v) is 3.46. The zero-order valence-electron chi connectivity index (χ0n) is 18.5. The minimum Gasteiger partial charge on any atom is -0.460 e. The molecule has 2 heterocycles. The monoisotopic (exact) mass is 442 g/mol. The highest BCUT2D eigenvalue weighted by molar-refractivity contribution is 5.89. The van der Waals surface area contributed by atoms with Crippen LogP contribution < -0.4 is 11.3 Å². The Morgan fingerprint density at radius 2 is 2.00 bits per heavy atom. The molecule has 32 heavy (non-hydrogen) atoms. The topological polar surface area (TPSA) is 128 Å². The highest BCUT2D eigenvalue weighted by Gasteiger charge is 2.11. The number of H-pyrrole nitrogens is 1. The maximum absolute atomic E-state index is 12.4. The van der Waals surface area contributed by atoms with E-state index in [2.05, 4.69) is 33.7 Å². The van der Waals surface area contributed by atoms with Crippen LogP contribution in [0, 0.1) is 0 Å². The predicted molar refractivity (Wildman–Crippen MR) is 121 cm³/mol. The number of carbonyl (C=O) groups excluding carboxylic acids is 1. The van der Waals surface area contributed by atoms with Gasteiger partial charge in [0, 0.05) is 6.54 Å². The normalized spacial score (nSPS) is 11.3. The third-order valence-electron chi connectivity index (χ3n) is 4.83. The summed E-state index contributed by atoms with van der Waals surface area (Å²) in [6.07, 6.45) is 3.64. The van der Waals surface area contributed by atoms with Crippen molar-refractivity contribution in [3.05, 3.63) is 52.1 Å². The van der Waals surface area contributed by atoms with E-state index in [-0.39, 0.29) is 37.4 Å². The van der Waals surface area contributed by atoms with E-state index < -0.39 is 5.56 Å². The van der Waals surface area contributed by atoms with Crippen molar-refractivity contribution in [2.24, 2.45) is 0 Å². The molecule has 0 fully saturated rings. The summed E-state index contributed by atoms with van der Waals surface area (Å²) in [6, 6.07) is 7.54. The van der Waals surface area contributed by atoms with Crippen molar-refractivity contribution < 1.29 is 14.3 Å². The summed E-state index contributed by atoms with van der Waals surface area (Å²) in [5, 5.41) is 0. The molecule has 0 unspecified atom stereocenters. The number of aromatic amines is 1. The molecule has 3 aromatic rings. The first-order chi connectivity index (χ1) is 15.5. The summed E-state index contributed by atoms with van der Waals surface area (Å²) < 4.78 is 12.4. The van der Waals surface area contributed by atoms with Gasteiger partial charge in [0.05, 0.1) is 18.5 Å². The molecule has 2 aromatic heterocycles. The van der Waals surface area contributed by atoms with E-state index in [0.29, 0.717) is 11.2 Å². The van der Waals surface area contributed by atoms with Crippen LogP contribution in [0.5, 0.6) is 0 Å². The minimum absolute atomic E-state index is 0.00733. The average Bonchev–Trinajstić information content (AvgIpc) is 3.17. The van der Waals surface area contributed by atoms with Crippen LogP contribution in [0.1, 0.15) is 42.6 Å². The lowest BCUT2D eigenvalue weighted by Crippen LogP contribution is -2.25. The van der Waals surface area contributed by atoms with E-state index >= 15 is 0 Å². The number of fused-ring (bicyclic) bond motifs is 1. The number of esters is 1. The molecule has 3 N–H and O–H groups in total. The number of carbonyl (C=O) groups is 1. The van der Waals surface area contributed by atoms with Gasteiger partial charge in [-0.15, -0.1) is 0 Å². The second kappa shape index (κ2) is 11.4. The minimum atomic E-state index is -0.407. The summed E-state index contributed by atoms with van der Waals surface area (Å²) in [7, 11) is 0. The highest BCUT2D eigenvalue weighted by Crippen LogP contribution is 2.11. The van der Waals surface area contributed by atoms with Crippen LogP contribution in [0.4, 0.5) is 5.95 Å². The molecule has 0 spiro atoms. The molecule has 0 bridgehead atoms. The van der Waals surface area contributed by atoms with Crippen LogP contribution in [0.2, 0.25) is 0 Å². The lowest BCUT2D eigenvalue weighted by molar-refractivity contribution is 0.0180. The third kappa shape index (κ3) is 6.14. The number of nitrogens with zero attached hydrogens (tertiary/aromatic N) is 4. The van der Waals surface area contributed by atoms with E-state index in [1.165, 1.54) is 6.33 Å². The number of nitrogens with two attached hydrogens (primary N) is 1. The highest BCUT2D eigenvalue weighted by atomic mass is 16.6. The second-order valence-electron chi connectivity index (χ2n) is 7.49. The van der Waals surface area contributed by atoms with Crippen molar-refractivity contribution in [2.45, 2.75) is 40.0 Å². The number of rotatable bonds is 12. The summed E-state index contributed by atoms with van der Waals surface area (Å²) >= 11 is 0. The van der Waals surface area contributed by atoms with Crippen molar-refractivity contribution >= 4 is 23.1 Å². The molecular weight excluding hydrogens is 412 g/mol. The first-order valence-electron chi connectivity index (χ1n) is 10.8. The average molecular weight is 443 g/mol. The van der Waals surface area contributed by atoms with Crippen LogP contribution in [0.25, 0.3) is 11.2 Å². The first-order valence-corrected chi connectivity index (χ1v) is 10.8. The smallest absolute Gasteiger partial charge is 0.338 e. The largest absolute Gasteiger partial charge is 0.460 e. The lowest BCUT2D eigenvalue weighted by atomic mass is 10.1. The number of anilines is 1. The van der Waals surface area contributed by atoms with Crippen molar-refractivity contribution in [1.29, 1.82) is 0 Å². The van der Waals surface area contributed by atoms with E-state index in [1.54, 1.807) is 10.6 Å². The van der Waals surface area contributed by atoms with E-state index in [4.69, 9.17) is 15.2 Å². The Labute approximate surface area is 186 Å². The van der Waals surface area contributed by atoms with Gasteiger partial charge in [0.2, 0.25) is 5.95 Å². The molecule has 0 radical (unpaired) electrons. The zero-order chi connectivity index (χ0) is 22.9. The Balaban J connectivity index is 1.48. The molecule has 1 aromatic carbocycles. The third-order valence-corrected chi connectivity index (χ3v) is 4.83. The van der Waals surface area contributed by atoms with Gasteiger partial charge in [0.1, 0.15) is 13.3 Å². The van der Waals surface area contributed by atoms with Gasteiger partial charge in [-0.1, -0.05) is 26.0 Å². The molecule has 172 valence electrons. The van der Waals surface area contributed by atoms with Gasteiger partial charge in [-0.2, -0.15) is 4.98 Å². The quantitative estimate of drug-likeness (QED) is 0.323. The molecule has 0 aliphatic carbocycles. The van der Waals surface area contributed by atoms with Gasteiger partial charge in [-0.25, -0.2) is 9.78 Å². The van der Waals surface area contributed by atoms with Gasteiger partial charge in [-0.05, 0) is 43.6 Å². The number of nitrogen functional groups attached to an aromatic ring is 1.